The lowest BCUT2D eigenvalue weighted by molar-refractivity contribution is -0.143. The zero-order chi connectivity index (χ0) is 18.3. The number of carboxylic acid groups (broad SMARTS) is 1. The molecule has 2 fully saturated rings. The number of hydrogen-bond donors (Lipinski definition) is 1. The molecule has 1 aliphatic carbocycles. The summed E-state index contributed by atoms with van der Waals surface area (Å²) in [6.07, 6.45) is 5.84. The lowest BCUT2D eigenvalue weighted by Gasteiger charge is -2.33. The van der Waals surface area contributed by atoms with E-state index in [1.165, 1.54) is 4.90 Å². The summed E-state index contributed by atoms with van der Waals surface area (Å²) in [6.45, 7) is 2.51. The van der Waals surface area contributed by atoms with Gasteiger partial charge in [-0.3, -0.25) is 4.79 Å². The molecule has 1 unspecified atom stereocenters. The molecule has 0 radical (unpaired) electrons. The van der Waals surface area contributed by atoms with Crippen LogP contribution in [0.4, 0.5) is 0 Å². The number of fused-ring (bicyclic) bond motifs is 1. The van der Waals surface area contributed by atoms with Crippen molar-refractivity contribution < 1.29 is 19.2 Å². The molecule has 3 heterocycles. The molecule has 7 heteroatoms. The zero-order valence-corrected chi connectivity index (χ0v) is 14.9. The Kier molecular flexibility index (Phi) is 4.38. The fraction of sp³-hybridized carbons (Fsp3) is 0.579. The minimum atomic E-state index is -0.940. The van der Waals surface area contributed by atoms with Crippen LogP contribution in [0.15, 0.2) is 10.6 Å². The molecule has 7 nitrogen and oxygen atoms in total. The fourth-order valence-electron chi connectivity index (χ4n) is 3.78. The Hall–Kier alpha value is -2.44. The average Bonchev–Trinajstić information content (AvgIpc) is 3.43. The Balaban J connectivity index is 1.81. The van der Waals surface area contributed by atoms with Crippen molar-refractivity contribution in [2.75, 3.05) is 6.54 Å². The molecule has 1 atom stereocenters. The van der Waals surface area contributed by atoms with Gasteiger partial charge < -0.3 is 14.5 Å². The van der Waals surface area contributed by atoms with Gasteiger partial charge in [0.2, 0.25) is 0 Å². The molecule has 1 saturated heterocycles. The maximum atomic E-state index is 13.3. The number of pyridine rings is 1. The molecule has 0 spiro atoms. The molecule has 2 aromatic heterocycles. The second-order valence-electron chi connectivity index (χ2n) is 7.28. The van der Waals surface area contributed by atoms with E-state index in [1.54, 1.807) is 0 Å². The van der Waals surface area contributed by atoms with E-state index in [9.17, 15) is 14.7 Å². The first-order chi connectivity index (χ1) is 12.6. The van der Waals surface area contributed by atoms with E-state index in [0.29, 0.717) is 42.0 Å². The summed E-state index contributed by atoms with van der Waals surface area (Å²) >= 11 is 0. The highest BCUT2D eigenvalue weighted by molar-refractivity contribution is 6.07. The minimum Gasteiger partial charge on any atom is -0.480 e. The molecule has 0 bridgehead atoms. The summed E-state index contributed by atoms with van der Waals surface area (Å²) in [7, 11) is 0. The van der Waals surface area contributed by atoms with Crippen LogP contribution in [0.5, 0.6) is 0 Å². The summed E-state index contributed by atoms with van der Waals surface area (Å²) < 4.78 is 5.42. The summed E-state index contributed by atoms with van der Waals surface area (Å²) in [4.78, 5) is 31.0. The number of aryl methyl sites for hydroxylation is 1. The topological polar surface area (TPSA) is 96.5 Å². The molecule has 2 aromatic rings. The van der Waals surface area contributed by atoms with Crippen molar-refractivity contribution >= 4 is 23.0 Å². The first-order valence-electron chi connectivity index (χ1n) is 9.43. The molecule has 4 rings (SSSR count). The van der Waals surface area contributed by atoms with Crippen LogP contribution in [0.25, 0.3) is 11.1 Å². The van der Waals surface area contributed by atoms with E-state index in [4.69, 9.17) is 4.52 Å². The van der Waals surface area contributed by atoms with Crippen LogP contribution in [0, 0.1) is 0 Å². The molecule has 0 aromatic carbocycles. The van der Waals surface area contributed by atoms with Gasteiger partial charge >= 0.3 is 5.97 Å². The number of piperidine rings is 1. The van der Waals surface area contributed by atoms with Gasteiger partial charge in [0.1, 0.15) is 6.04 Å². The third-order valence-electron chi connectivity index (χ3n) is 5.30. The van der Waals surface area contributed by atoms with Gasteiger partial charge in [0.05, 0.1) is 16.6 Å². The van der Waals surface area contributed by atoms with Crippen molar-refractivity contribution in [3.8, 4) is 0 Å². The van der Waals surface area contributed by atoms with Crippen molar-refractivity contribution in [3.63, 3.8) is 0 Å². The van der Waals surface area contributed by atoms with Crippen LogP contribution in [0.3, 0.4) is 0 Å². The van der Waals surface area contributed by atoms with E-state index in [2.05, 4.69) is 10.1 Å². The first-order valence-corrected chi connectivity index (χ1v) is 9.43. The Labute approximate surface area is 151 Å². The number of aliphatic carboxylic acids is 1. The molecule has 1 N–H and O–H groups in total. The van der Waals surface area contributed by atoms with Crippen LogP contribution in [0.2, 0.25) is 0 Å². The number of rotatable bonds is 5. The van der Waals surface area contributed by atoms with Crippen molar-refractivity contribution in [2.24, 2.45) is 0 Å². The maximum Gasteiger partial charge on any atom is 0.326 e. The number of nitrogens with zero attached hydrogens (tertiary/aromatic N) is 3. The number of aromatic nitrogens is 2. The number of hydrogen-bond acceptors (Lipinski definition) is 5. The second-order valence-corrected chi connectivity index (χ2v) is 7.28. The van der Waals surface area contributed by atoms with E-state index in [1.807, 2.05) is 13.0 Å². The van der Waals surface area contributed by atoms with Gasteiger partial charge in [0.25, 0.3) is 11.6 Å². The average molecular weight is 357 g/mol. The SMILES string of the molecule is CCCc1noc2nc(C3CC3)cc(C(=O)N3CCCCC3C(=O)O)c12. The largest absolute Gasteiger partial charge is 0.480 e. The van der Waals surface area contributed by atoms with Crippen molar-refractivity contribution in [3.05, 3.63) is 23.0 Å². The van der Waals surface area contributed by atoms with Gasteiger partial charge in [0.15, 0.2) is 0 Å². The highest BCUT2D eigenvalue weighted by Crippen LogP contribution is 2.41. The highest BCUT2D eigenvalue weighted by atomic mass is 16.5. The predicted molar refractivity (Wildman–Crippen MR) is 94.1 cm³/mol. The van der Waals surface area contributed by atoms with Crippen molar-refractivity contribution in [1.29, 1.82) is 0 Å². The van der Waals surface area contributed by atoms with Gasteiger partial charge in [-0.05, 0) is 44.6 Å². The van der Waals surface area contributed by atoms with Crippen LogP contribution in [0.1, 0.15) is 73.1 Å². The Morgan fingerprint density at radius 3 is 2.81 bits per heavy atom. The summed E-state index contributed by atoms with van der Waals surface area (Å²) in [5.41, 5.74) is 2.47. The standard InChI is InChI=1S/C19H23N3O4/c1-2-5-13-16-12(10-14(11-7-8-11)20-17(16)26-21-13)18(23)22-9-4-3-6-15(22)19(24)25/h10-11,15H,2-9H2,1H3,(H,24,25). The van der Waals surface area contributed by atoms with Gasteiger partial charge in [-0.15, -0.1) is 0 Å². The van der Waals surface area contributed by atoms with Gasteiger partial charge in [-0.25, -0.2) is 9.78 Å². The third kappa shape index (κ3) is 2.95. The van der Waals surface area contributed by atoms with E-state index < -0.39 is 12.0 Å². The van der Waals surface area contributed by atoms with Gasteiger partial charge in [-0.2, -0.15) is 0 Å². The highest BCUT2D eigenvalue weighted by Gasteiger charge is 2.35. The van der Waals surface area contributed by atoms with Crippen LogP contribution in [-0.4, -0.2) is 44.6 Å². The normalized spacial score (nSPS) is 20.5. The number of likely N-dealkylation sites (tertiary alicyclic amines) is 1. The van der Waals surface area contributed by atoms with Crippen molar-refractivity contribution in [1.82, 2.24) is 15.0 Å². The smallest absolute Gasteiger partial charge is 0.326 e. The summed E-state index contributed by atoms with van der Waals surface area (Å²) in [5.74, 6) is -0.820. The molecule has 1 aliphatic heterocycles. The Morgan fingerprint density at radius 1 is 1.31 bits per heavy atom. The molecular weight excluding hydrogens is 334 g/mol. The second kappa shape index (κ2) is 6.70. The van der Waals surface area contributed by atoms with Crippen LogP contribution in [-0.2, 0) is 11.2 Å². The molecule has 138 valence electrons. The van der Waals surface area contributed by atoms with E-state index in [0.717, 1.165) is 43.5 Å². The zero-order valence-electron chi connectivity index (χ0n) is 14.9. The van der Waals surface area contributed by atoms with Gasteiger partial charge in [-0.1, -0.05) is 18.5 Å². The van der Waals surface area contributed by atoms with Crippen LogP contribution < -0.4 is 0 Å². The summed E-state index contributed by atoms with van der Waals surface area (Å²) in [6, 6.07) is 1.07. The number of carbonyl (C=O) groups excluding carboxylic acids is 1. The van der Waals surface area contributed by atoms with Crippen LogP contribution >= 0.6 is 0 Å². The Bertz CT molecular complexity index is 856. The molecule has 26 heavy (non-hydrogen) atoms. The molecule has 1 saturated carbocycles. The minimum absolute atomic E-state index is 0.244. The number of amides is 1. The van der Waals surface area contributed by atoms with Crippen molar-refractivity contribution in [2.45, 2.75) is 63.8 Å². The van der Waals surface area contributed by atoms with Gasteiger partial charge in [0, 0.05) is 18.2 Å². The summed E-state index contributed by atoms with van der Waals surface area (Å²) in [5, 5.41) is 14.3. The monoisotopic (exact) mass is 357 g/mol. The number of carboxylic acids is 1. The molecule has 1 amide bonds. The quantitative estimate of drug-likeness (QED) is 0.883. The number of carbonyl (C=O) groups is 2. The fourth-order valence-corrected chi connectivity index (χ4v) is 3.78. The lowest BCUT2D eigenvalue weighted by atomic mass is 9.99. The maximum absolute atomic E-state index is 13.3. The first kappa shape index (κ1) is 17.0. The van der Waals surface area contributed by atoms with E-state index >= 15 is 0 Å². The van der Waals surface area contributed by atoms with E-state index in [-0.39, 0.29) is 5.91 Å². The molecule has 2 aliphatic rings. The Morgan fingerprint density at radius 2 is 2.12 bits per heavy atom. The lowest BCUT2D eigenvalue weighted by Crippen LogP contribution is -2.48. The molecular formula is C19H23N3O4. The predicted octanol–water partition coefficient (Wildman–Crippen LogP) is 3.13. The third-order valence-corrected chi connectivity index (χ3v) is 5.30.